The highest BCUT2D eigenvalue weighted by Gasteiger charge is 2.23. The molecule has 0 aliphatic carbocycles. The third-order valence-corrected chi connectivity index (χ3v) is 10.1. The van der Waals surface area contributed by atoms with Crippen molar-refractivity contribution in [1.29, 1.82) is 0 Å². The molecule has 12 bridgehead atoms. The van der Waals surface area contributed by atoms with E-state index in [0.717, 1.165) is 36.8 Å². The Bertz CT molecular complexity index is 2310. The van der Waals surface area contributed by atoms with Crippen LogP contribution >= 0.6 is 0 Å². The summed E-state index contributed by atoms with van der Waals surface area (Å²) in [5.74, 6) is 1.10. The Morgan fingerprint density at radius 3 is 1.40 bits per heavy atom. The zero-order valence-corrected chi connectivity index (χ0v) is 36.4. The van der Waals surface area contributed by atoms with E-state index in [2.05, 4.69) is 69.4 Å². The topological polar surface area (TPSA) is 157 Å². The number of amides is 2. The number of rotatable bonds is 14. The zero-order chi connectivity index (χ0) is 43.6. The van der Waals surface area contributed by atoms with E-state index in [-0.39, 0.29) is 11.8 Å². The second-order valence-corrected chi connectivity index (χ2v) is 16.4. The van der Waals surface area contributed by atoms with Gasteiger partial charge in [0.05, 0.1) is 74.4 Å². The zero-order valence-electron chi connectivity index (χ0n) is 36.4. The number of anilines is 2. The molecule has 6 aromatic rings. The minimum atomic E-state index is -0.439. The van der Waals surface area contributed by atoms with Gasteiger partial charge in [0.25, 0.3) is 11.8 Å². The molecule has 2 aliphatic heterocycles. The molecule has 62 heavy (non-hydrogen) atoms. The van der Waals surface area contributed by atoms with E-state index in [1.165, 1.54) is 0 Å². The summed E-state index contributed by atoms with van der Waals surface area (Å²) in [6, 6.07) is 22.5. The Labute approximate surface area is 362 Å². The predicted octanol–water partition coefficient (Wildman–Crippen LogP) is 9.55. The average molecular weight is 841 g/mol. The van der Waals surface area contributed by atoms with Gasteiger partial charge in [-0.1, -0.05) is 89.1 Å². The first kappa shape index (κ1) is 43.4. The fourth-order valence-corrected chi connectivity index (χ4v) is 6.67. The SMILES string of the molecule is CCCCOc1ccc2cc1C(=O)Nc1cc(c(OCC(C)C)cc1OCC(C)C)NC(=O)c1cc(ccc1OCCCC)-c1cn(nn1)Cc1ccc(cc1)Cn1cc-2nn1. The van der Waals surface area contributed by atoms with Crippen LogP contribution in [0.1, 0.15) is 99.1 Å². The molecule has 0 atom stereocenters. The molecule has 4 aromatic carbocycles. The molecule has 324 valence electrons. The number of unbranched alkanes of at least 4 members (excludes halogenated alkanes) is 2. The van der Waals surface area contributed by atoms with Crippen LogP contribution in [0, 0.1) is 11.8 Å². The van der Waals surface area contributed by atoms with Gasteiger partial charge >= 0.3 is 0 Å². The number of aromatic nitrogens is 6. The molecule has 14 heteroatoms. The lowest BCUT2D eigenvalue weighted by Gasteiger charge is -2.21. The first-order valence-electron chi connectivity index (χ1n) is 21.6. The van der Waals surface area contributed by atoms with Crippen molar-refractivity contribution in [3.8, 4) is 45.5 Å². The number of nitrogens with zero attached hydrogens (tertiary/aromatic N) is 6. The molecule has 0 radical (unpaired) electrons. The van der Waals surface area contributed by atoms with Crippen LogP contribution in [0.4, 0.5) is 11.4 Å². The number of fused-ring (bicyclic) bond motifs is 4. The van der Waals surface area contributed by atoms with Gasteiger partial charge in [-0.25, -0.2) is 9.36 Å². The third kappa shape index (κ3) is 11.0. The summed E-state index contributed by atoms with van der Waals surface area (Å²) in [7, 11) is 0. The predicted molar refractivity (Wildman–Crippen MR) is 239 cm³/mol. The minimum Gasteiger partial charge on any atom is -0.493 e. The van der Waals surface area contributed by atoms with Crippen LogP contribution in [0.15, 0.2) is 85.2 Å². The maximum Gasteiger partial charge on any atom is 0.259 e. The van der Waals surface area contributed by atoms with Crippen molar-refractivity contribution in [2.24, 2.45) is 11.8 Å². The maximum absolute atomic E-state index is 14.6. The number of hydrogen-bond acceptors (Lipinski definition) is 10. The van der Waals surface area contributed by atoms with Crippen molar-refractivity contribution in [3.63, 3.8) is 0 Å². The highest BCUT2D eigenvalue weighted by atomic mass is 16.5. The van der Waals surface area contributed by atoms with Crippen LogP contribution in [0.5, 0.6) is 23.0 Å². The van der Waals surface area contributed by atoms with Crippen LogP contribution in [-0.2, 0) is 13.1 Å². The van der Waals surface area contributed by atoms with Crippen LogP contribution in [-0.4, -0.2) is 68.2 Å². The van der Waals surface area contributed by atoms with Gasteiger partial charge in [0.1, 0.15) is 34.4 Å². The second kappa shape index (κ2) is 20.2. The van der Waals surface area contributed by atoms with Crippen molar-refractivity contribution in [2.45, 2.75) is 80.3 Å². The standard InChI is InChI=1S/C48H56N8O6/c1-7-9-19-59-43-17-15-35-21-37(43)47(57)49-39-23-40(46(62-30-32(5)6)24-45(39)61-29-31(3)4)50-48(58)38-22-36(16-18-44(38)60-20-10-8-2)42-28-56(54-52-42)26-34-13-11-33(12-14-34)25-55-27-41(35)51-53-55/h11-18,21-24,27-28,31-32H,7-10,19-20,25-26,29-30H2,1-6H3,(H,49,57)(H,50,58). The van der Waals surface area contributed by atoms with E-state index in [0.29, 0.717) is 108 Å². The molecule has 2 N–H and O–H groups in total. The summed E-state index contributed by atoms with van der Waals surface area (Å²) in [6.07, 6.45) is 7.22. The minimum absolute atomic E-state index is 0.180. The average Bonchev–Trinajstić information content (AvgIpc) is 3.93. The van der Waals surface area contributed by atoms with Gasteiger partial charge in [-0.15, -0.1) is 10.2 Å². The number of ether oxygens (including phenoxy) is 4. The van der Waals surface area contributed by atoms with E-state index >= 15 is 0 Å². The van der Waals surface area contributed by atoms with Crippen LogP contribution in [0.2, 0.25) is 0 Å². The van der Waals surface area contributed by atoms with Crippen LogP contribution < -0.4 is 29.6 Å². The Morgan fingerprint density at radius 2 is 1.00 bits per heavy atom. The van der Waals surface area contributed by atoms with Gasteiger partial charge in [-0.3, -0.25) is 9.59 Å². The van der Waals surface area contributed by atoms with E-state index in [1.807, 2.05) is 52.2 Å². The number of carbonyl (C=O) groups is 2. The molecular formula is C48H56N8O6. The van der Waals surface area contributed by atoms with Crippen molar-refractivity contribution in [2.75, 3.05) is 37.1 Å². The number of benzene rings is 4. The molecule has 0 saturated carbocycles. The summed E-state index contributed by atoms with van der Waals surface area (Å²) in [5, 5.41) is 23.9. The fraction of sp³-hybridized carbons (Fsp3) is 0.375. The Hall–Kier alpha value is -6.70. The quantitative estimate of drug-likeness (QED) is 0.101. The molecule has 8 rings (SSSR count). The van der Waals surface area contributed by atoms with Gasteiger partial charge < -0.3 is 29.6 Å². The monoisotopic (exact) mass is 840 g/mol. The highest BCUT2D eigenvalue weighted by Crippen LogP contribution is 2.39. The molecule has 4 heterocycles. The van der Waals surface area contributed by atoms with Crippen molar-refractivity contribution in [1.82, 2.24) is 30.0 Å². The molecule has 0 saturated heterocycles. The molecule has 0 fully saturated rings. The maximum atomic E-state index is 14.6. The summed E-state index contributed by atoms with van der Waals surface area (Å²) >= 11 is 0. The van der Waals surface area contributed by atoms with E-state index < -0.39 is 11.8 Å². The van der Waals surface area contributed by atoms with Crippen molar-refractivity contribution in [3.05, 3.63) is 107 Å². The summed E-state index contributed by atoms with van der Waals surface area (Å²) in [4.78, 5) is 29.1. The molecule has 2 amide bonds. The fourth-order valence-electron chi connectivity index (χ4n) is 6.67. The van der Waals surface area contributed by atoms with Gasteiger partial charge in [0.2, 0.25) is 0 Å². The Morgan fingerprint density at radius 1 is 0.565 bits per heavy atom. The highest BCUT2D eigenvalue weighted by molar-refractivity contribution is 6.10. The van der Waals surface area contributed by atoms with Gasteiger partial charge in [0, 0.05) is 17.2 Å². The first-order chi connectivity index (χ1) is 30.1. The first-order valence-corrected chi connectivity index (χ1v) is 21.6. The lowest BCUT2D eigenvalue weighted by Crippen LogP contribution is -2.18. The molecule has 0 spiro atoms. The lowest BCUT2D eigenvalue weighted by atomic mass is 10.1. The number of carbonyl (C=O) groups excluding carboxylic acids is 2. The van der Waals surface area contributed by atoms with Gasteiger partial charge in [-0.2, -0.15) is 0 Å². The van der Waals surface area contributed by atoms with E-state index in [4.69, 9.17) is 18.9 Å². The van der Waals surface area contributed by atoms with Crippen LogP contribution in [0.25, 0.3) is 22.5 Å². The van der Waals surface area contributed by atoms with E-state index in [9.17, 15) is 9.59 Å². The smallest absolute Gasteiger partial charge is 0.259 e. The van der Waals surface area contributed by atoms with Crippen molar-refractivity contribution < 1.29 is 28.5 Å². The molecular weight excluding hydrogens is 785 g/mol. The number of hydrogen-bond donors (Lipinski definition) is 2. The summed E-state index contributed by atoms with van der Waals surface area (Å²) in [5.41, 5.74) is 5.94. The van der Waals surface area contributed by atoms with E-state index in [1.54, 1.807) is 45.8 Å². The molecule has 2 aromatic heterocycles. The van der Waals surface area contributed by atoms with Gasteiger partial charge in [0.15, 0.2) is 0 Å². The third-order valence-electron chi connectivity index (χ3n) is 10.1. The Balaban J connectivity index is 1.36. The lowest BCUT2D eigenvalue weighted by molar-refractivity contribution is 0.101. The molecule has 0 unspecified atom stereocenters. The summed E-state index contributed by atoms with van der Waals surface area (Å²) in [6.45, 7) is 15.0. The number of nitrogens with one attached hydrogen (secondary N) is 2. The van der Waals surface area contributed by atoms with Crippen LogP contribution in [0.3, 0.4) is 0 Å². The molecule has 2 aliphatic rings. The largest absolute Gasteiger partial charge is 0.493 e. The Kier molecular flexibility index (Phi) is 14.2. The second-order valence-electron chi connectivity index (χ2n) is 16.4. The normalized spacial score (nSPS) is 12.7. The summed E-state index contributed by atoms with van der Waals surface area (Å²) < 4.78 is 28.6. The van der Waals surface area contributed by atoms with Crippen molar-refractivity contribution >= 4 is 23.2 Å². The molecule has 14 nitrogen and oxygen atoms in total. The van der Waals surface area contributed by atoms with Gasteiger partial charge in [-0.05, 0) is 78.3 Å².